The molecule has 0 spiro atoms. The molecule has 1 heterocycles. The number of nitrogens with zero attached hydrogens (tertiary/aromatic N) is 2. The molecule has 1 aromatic heterocycles. The summed E-state index contributed by atoms with van der Waals surface area (Å²) in [7, 11) is 0. The molecule has 7 nitrogen and oxygen atoms in total. The largest absolute Gasteiger partial charge is 0.733 e. The van der Waals surface area contributed by atoms with Crippen molar-refractivity contribution in [1.29, 1.82) is 0 Å². The molecular weight excluding hydrogens is 272 g/mol. The van der Waals surface area contributed by atoms with Gasteiger partial charge in [0.25, 0.3) is 0 Å². The first kappa shape index (κ1) is 14.8. The van der Waals surface area contributed by atoms with Gasteiger partial charge in [-0.25, -0.2) is 9.78 Å². The predicted molar refractivity (Wildman–Crippen MR) is 80.4 cm³/mol. The maximum Gasteiger partial charge on any atom is 0.324 e. The predicted octanol–water partition coefficient (Wildman–Crippen LogP) is 3.04. The molecular formula is C14H15N4O3-. The smallest absolute Gasteiger partial charge is 0.324 e. The van der Waals surface area contributed by atoms with Crippen LogP contribution in [-0.4, -0.2) is 16.2 Å². The molecule has 0 bridgehead atoms. The van der Waals surface area contributed by atoms with Crippen LogP contribution in [0.5, 0.6) is 0 Å². The van der Waals surface area contributed by atoms with E-state index >= 15 is 0 Å². The zero-order valence-corrected chi connectivity index (χ0v) is 11.6. The van der Waals surface area contributed by atoms with Gasteiger partial charge in [-0.05, 0) is 49.2 Å². The molecule has 0 unspecified atom stereocenters. The standard InChI is InChI=1S/C14H15N4O3/c1-9-3-4-11(12(7-9)18(20)21)16-14(19)17-13-8-10(2)5-6-15-13/h3-8,20H,1-2H3,(H2,15,16,17,19)/q-1. The minimum atomic E-state index is -0.556. The van der Waals surface area contributed by atoms with Crippen molar-refractivity contribution in [2.75, 3.05) is 15.9 Å². The Morgan fingerprint density at radius 2 is 1.90 bits per heavy atom. The van der Waals surface area contributed by atoms with E-state index in [0.717, 1.165) is 11.1 Å². The number of pyridine rings is 1. The minimum Gasteiger partial charge on any atom is -0.733 e. The summed E-state index contributed by atoms with van der Waals surface area (Å²) in [6.45, 7) is 3.65. The Kier molecular flexibility index (Phi) is 4.36. The van der Waals surface area contributed by atoms with Gasteiger partial charge in [-0.3, -0.25) is 10.5 Å². The van der Waals surface area contributed by atoms with Crippen molar-refractivity contribution in [3.05, 3.63) is 52.9 Å². The van der Waals surface area contributed by atoms with E-state index in [2.05, 4.69) is 15.6 Å². The molecule has 3 N–H and O–H groups in total. The van der Waals surface area contributed by atoms with E-state index in [4.69, 9.17) is 5.21 Å². The molecule has 2 amide bonds. The molecule has 0 radical (unpaired) electrons. The second-order valence-electron chi connectivity index (χ2n) is 4.59. The second kappa shape index (κ2) is 6.21. The molecule has 0 fully saturated rings. The Balaban J connectivity index is 2.13. The number of aromatic nitrogens is 1. The first-order chi connectivity index (χ1) is 9.95. The lowest BCUT2D eigenvalue weighted by Crippen LogP contribution is -2.22. The van der Waals surface area contributed by atoms with Crippen molar-refractivity contribution in [1.82, 2.24) is 4.98 Å². The number of carbonyl (C=O) groups is 1. The highest BCUT2D eigenvalue weighted by Crippen LogP contribution is 2.25. The molecule has 1 aromatic carbocycles. The van der Waals surface area contributed by atoms with E-state index in [1.165, 1.54) is 12.1 Å². The minimum absolute atomic E-state index is 0.0395. The number of aryl methyl sites for hydroxylation is 2. The van der Waals surface area contributed by atoms with E-state index in [1.807, 2.05) is 13.0 Å². The van der Waals surface area contributed by atoms with Gasteiger partial charge in [0.15, 0.2) is 0 Å². The molecule has 0 aliphatic rings. The number of rotatable bonds is 3. The summed E-state index contributed by atoms with van der Waals surface area (Å²) in [6.07, 6.45) is 1.58. The second-order valence-corrected chi connectivity index (χ2v) is 4.59. The Bertz CT molecular complexity index is 658. The number of carbonyl (C=O) groups excluding carboxylic acids is 1. The number of urea groups is 1. The van der Waals surface area contributed by atoms with E-state index < -0.39 is 6.03 Å². The summed E-state index contributed by atoms with van der Waals surface area (Å²) in [6, 6.07) is 7.68. The fourth-order valence-electron chi connectivity index (χ4n) is 1.78. The van der Waals surface area contributed by atoms with Crippen LogP contribution in [0.25, 0.3) is 0 Å². The normalized spacial score (nSPS) is 10.1. The number of nitrogens with one attached hydrogen (secondary N) is 2. The van der Waals surface area contributed by atoms with Crippen LogP contribution in [0.4, 0.5) is 22.0 Å². The lowest BCUT2D eigenvalue weighted by Gasteiger charge is -2.25. The van der Waals surface area contributed by atoms with Crippen molar-refractivity contribution < 1.29 is 10.0 Å². The highest BCUT2D eigenvalue weighted by Gasteiger charge is 2.08. The molecule has 0 aliphatic carbocycles. The highest BCUT2D eigenvalue weighted by molar-refractivity contribution is 6.01. The maximum atomic E-state index is 11.9. The Labute approximate surface area is 121 Å². The van der Waals surface area contributed by atoms with Gasteiger partial charge < -0.3 is 15.8 Å². The summed E-state index contributed by atoms with van der Waals surface area (Å²) in [5.41, 5.74) is 1.90. The number of amides is 2. The van der Waals surface area contributed by atoms with Crippen molar-refractivity contribution in [2.24, 2.45) is 0 Å². The quantitative estimate of drug-likeness (QED) is 0.753. The Morgan fingerprint density at radius 3 is 2.57 bits per heavy atom. The Hall–Kier alpha value is -2.64. The maximum absolute atomic E-state index is 11.9. The van der Waals surface area contributed by atoms with Gasteiger partial charge in [-0.15, -0.1) is 0 Å². The molecule has 110 valence electrons. The van der Waals surface area contributed by atoms with E-state index in [-0.39, 0.29) is 16.6 Å². The molecule has 2 rings (SSSR count). The fraction of sp³-hybridized carbons (Fsp3) is 0.143. The molecule has 2 aromatic rings. The van der Waals surface area contributed by atoms with Gasteiger partial charge in [-0.1, -0.05) is 6.07 Å². The summed E-state index contributed by atoms with van der Waals surface area (Å²) < 4.78 is 0. The number of benzene rings is 1. The Morgan fingerprint density at radius 1 is 1.19 bits per heavy atom. The van der Waals surface area contributed by atoms with Crippen LogP contribution in [0, 0.1) is 19.1 Å². The van der Waals surface area contributed by atoms with E-state index in [0.29, 0.717) is 5.82 Å². The average molecular weight is 287 g/mol. The van der Waals surface area contributed by atoms with Crippen molar-refractivity contribution in [3.8, 4) is 0 Å². The third-order valence-electron chi connectivity index (χ3n) is 2.76. The summed E-state index contributed by atoms with van der Waals surface area (Å²) in [5.74, 6) is 0.393. The summed E-state index contributed by atoms with van der Waals surface area (Å²) in [4.78, 5) is 15.9. The zero-order valence-electron chi connectivity index (χ0n) is 11.6. The molecule has 0 saturated heterocycles. The van der Waals surface area contributed by atoms with Crippen molar-refractivity contribution in [2.45, 2.75) is 13.8 Å². The third kappa shape index (κ3) is 3.91. The topological polar surface area (TPSA) is 101 Å². The zero-order chi connectivity index (χ0) is 15.4. The van der Waals surface area contributed by atoms with Gasteiger partial charge in [0, 0.05) is 6.20 Å². The van der Waals surface area contributed by atoms with Crippen LogP contribution in [0.2, 0.25) is 0 Å². The molecule has 0 atom stereocenters. The highest BCUT2D eigenvalue weighted by atomic mass is 16.8. The summed E-state index contributed by atoms with van der Waals surface area (Å²) in [5, 5.41) is 24.9. The van der Waals surface area contributed by atoms with Gasteiger partial charge in [0.1, 0.15) is 5.82 Å². The molecule has 0 saturated carbocycles. The lowest BCUT2D eigenvalue weighted by atomic mass is 10.2. The summed E-state index contributed by atoms with van der Waals surface area (Å²) >= 11 is 0. The average Bonchev–Trinajstić information content (AvgIpc) is 2.40. The van der Waals surface area contributed by atoms with Crippen LogP contribution in [-0.2, 0) is 0 Å². The van der Waals surface area contributed by atoms with Crippen LogP contribution in [0.15, 0.2) is 36.5 Å². The van der Waals surface area contributed by atoms with E-state index in [9.17, 15) is 10.0 Å². The first-order valence-electron chi connectivity index (χ1n) is 6.23. The lowest BCUT2D eigenvalue weighted by molar-refractivity contribution is 0.262. The van der Waals surface area contributed by atoms with Crippen molar-refractivity contribution in [3.63, 3.8) is 0 Å². The van der Waals surface area contributed by atoms with Crippen LogP contribution < -0.4 is 15.9 Å². The monoisotopic (exact) mass is 287 g/mol. The van der Waals surface area contributed by atoms with Gasteiger partial charge in [0.05, 0.1) is 11.4 Å². The number of anilines is 3. The molecule has 0 aliphatic heterocycles. The third-order valence-corrected chi connectivity index (χ3v) is 2.76. The SMILES string of the molecule is Cc1ccnc(NC(=O)Nc2ccc(C)cc2N([O-])O)c1. The first-order valence-corrected chi connectivity index (χ1v) is 6.23. The number of hydrogen-bond donors (Lipinski definition) is 3. The van der Waals surface area contributed by atoms with Crippen LogP contribution in [0.1, 0.15) is 11.1 Å². The van der Waals surface area contributed by atoms with Gasteiger partial charge in [-0.2, -0.15) is 0 Å². The number of hydrogen-bond acceptors (Lipinski definition) is 5. The van der Waals surface area contributed by atoms with Gasteiger partial charge in [0.2, 0.25) is 0 Å². The fourth-order valence-corrected chi connectivity index (χ4v) is 1.78. The van der Waals surface area contributed by atoms with Crippen LogP contribution in [0.3, 0.4) is 0 Å². The van der Waals surface area contributed by atoms with Crippen LogP contribution >= 0.6 is 0 Å². The van der Waals surface area contributed by atoms with E-state index in [1.54, 1.807) is 25.3 Å². The van der Waals surface area contributed by atoms with Crippen molar-refractivity contribution >= 4 is 23.2 Å². The molecule has 7 heteroatoms. The van der Waals surface area contributed by atoms with Gasteiger partial charge >= 0.3 is 6.03 Å². The molecule has 21 heavy (non-hydrogen) atoms.